The van der Waals surface area contributed by atoms with Gasteiger partial charge in [0.05, 0.1) is 16.0 Å². The molecule has 5 nitrogen and oxygen atoms in total. The minimum absolute atomic E-state index is 0.0117. The van der Waals surface area contributed by atoms with Crippen molar-refractivity contribution in [1.82, 2.24) is 4.31 Å². The molecule has 0 bridgehead atoms. The second kappa shape index (κ2) is 5.03. The highest BCUT2D eigenvalue weighted by Gasteiger charge is 2.44. The summed E-state index contributed by atoms with van der Waals surface area (Å²) in [4.78, 5) is 24.9. The lowest BCUT2D eigenvalue weighted by Gasteiger charge is -2.18. The summed E-state index contributed by atoms with van der Waals surface area (Å²) in [6, 6.07) is 9.56. The van der Waals surface area contributed by atoms with Crippen LogP contribution in [0.5, 0.6) is 0 Å². The number of benzene rings is 2. The SMILES string of the molecule is Cc1cc(C)c(S(=O)(=O)N2C(=O)c3ccccc3C2=O)c(C)c1. The minimum Gasteiger partial charge on any atom is -0.267 e. The van der Waals surface area contributed by atoms with Crippen LogP contribution < -0.4 is 0 Å². The van der Waals surface area contributed by atoms with E-state index in [-0.39, 0.29) is 16.0 Å². The van der Waals surface area contributed by atoms with Gasteiger partial charge in [0.15, 0.2) is 0 Å². The Hall–Kier alpha value is -2.47. The molecule has 0 spiro atoms. The number of aryl methyl sites for hydroxylation is 3. The number of rotatable bonds is 2. The molecule has 0 saturated carbocycles. The molecule has 0 radical (unpaired) electrons. The van der Waals surface area contributed by atoms with Crippen molar-refractivity contribution in [2.24, 2.45) is 0 Å². The van der Waals surface area contributed by atoms with Crippen LogP contribution >= 0.6 is 0 Å². The summed E-state index contributed by atoms with van der Waals surface area (Å²) in [5, 5.41) is 0. The number of nitrogens with zero attached hydrogens (tertiary/aromatic N) is 1. The van der Waals surface area contributed by atoms with E-state index >= 15 is 0 Å². The molecule has 6 heteroatoms. The quantitative estimate of drug-likeness (QED) is 0.794. The van der Waals surface area contributed by atoms with Gasteiger partial charge in [-0.05, 0) is 44.0 Å². The van der Waals surface area contributed by atoms with Crippen LogP contribution in [-0.4, -0.2) is 24.5 Å². The molecular weight excluding hydrogens is 314 g/mol. The van der Waals surface area contributed by atoms with E-state index < -0.39 is 21.8 Å². The van der Waals surface area contributed by atoms with Gasteiger partial charge in [-0.1, -0.05) is 29.8 Å². The van der Waals surface area contributed by atoms with Crippen molar-refractivity contribution >= 4 is 21.8 Å². The highest BCUT2D eigenvalue weighted by molar-refractivity contribution is 7.90. The number of carbonyl (C=O) groups is 2. The van der Waals surface area contributed by atoms with E-state index in [9.17, 15) is 18.0 Å². The van der Waals surface area contributed by atoms with Crippen molar-refractivity contribution in [2.75, 3.05) is 0 Å². The average Bonchev–Trinajstić information content (AvgIpc) is 2.70. The summed E-state index contributed by atoms with van der Waals surface area (Å²) in [6.45, 7) is 5.18. The van der Waals surface area contributed by atoms with E-state index in [1.165, 1.54) is 12.1 Å². The molecule has 0 saturated heterocycles. The Morgan fingerprint density at radius 2 is 1.26 bits per heavy atom. The molecule has 1 aliphatic rings. The maximum absolute atomic E-state index is 13.0. The largest absolute Gasteiger partial charge is 0.275 e. The number of amides is 2. The van der Waals surface area contributed by atoms with Crippen molar-refractivity contribution in [2.45, 2.75) is 25.7 Å². The molecule has 0 fully saturated rings. The summed E-state index contributed by atoms with van der Waals surface area (Å²) in [5.41, 5.74) is 2.17. The number of hydrogen-bond acceptors (Lipinski definition) is 4. The summed E-state index contributed by atoms with van der Waals surface area (Å²) in [5.74, 6) is -1.60. The zero-order valence-corrected chi connectivity index (χ0v) is 13.8. The van der Waals surface area contributed by atoms with Crippen LogP contribution in [0.1, 0.15) is 37.4 Å². The third-order valence-corrected chi connectivity index (χ3v) is 5.83. The van der Waals surface area contributed by atoms with Crippen molar-refractivity contribution in [3.8, 4) is 0 Å². The van der Waals surface area contributed by atoms with E-state index in [0.29, 0.717) is 15.4 Å². The van der Waals surface area contributed by atoms with Crippen molar-refractivity contribution in [1.29, 1.82) is 0 Å². The zero-order valence-electron chi connectivity index (χ0n) is 13.0. The summed E-state index contributed by atoms with van der Waals surface area (Å²) >= 11 is 0. The van der Waals surface area contributed by atoms with Crippen LogP contribution in [0.2, 0.25) is 0 Å². The third-order valence-electron chi connectivity index (χ3n) is 3.86. The lowest BCUT2D eigenvalue weighted by atomic mass is 10.1. The second-order valence-electron chi connectivity index (χ2n) is 5.65. The lowest BCUT2D eigenvalue weighted by Crippen LogP contribution is -2.36. The molecule has 3 rings (SSSR count). The van der Waals surface area contributed by atoms with E-state index in [1.807, 2.05) is 6.92 Å². The first-order valence-electron chi connectivity index (χ1n) is 7.06. The summed E-state index contributed by atoms with van der Waals surface area (Å²) in [6.07, 6.45) is 0. The summed E-state index contributed by atoms with van der Waals surface area (Å²) < 4.78 is 26.3. The Labute approximate surface area is 134 Å². The Morgan fingerprint density at radius 3 is 1.70 bits per heavy atom. The maximum atomic E-state index is 13.0. The molecule has 23 heavy (non-hydrogen) atoms. The highest BCUT2D eigenvalue weighted by Crippen LogP contribution is 2.31. The molecule has 118 valence electrons. The Bertz CT molecular complexity index is 902. The molecule has 1 heterocycles. The van der Waals surface area contributed by atoms with Crippen molar-refractivity contribution in [3.05, 3.63) is 64.2 Å². The molecule has 0 aromatic heterocycles. The van der Waals surface area contributed by atoms with Gasteiger partial charge >= 0.3 is 0 Å². The van der Waals surface area contributed by atoms with Gasteiger partial charge in [0.1, 0.15) is 0 Å². The molecule has 2 amide bonds. The first-order chi connectivity index (χ1) is 10.7. The van der Waals surface area contributed by atoms with Gasteiger partial charge in [-0.15, -0.1) is 0 Å². The maximum Gasteiger partial charge on any atom is 0.275 e. The van der Waals surface area contributed by atoms with Crippen LogP contribution in [0.25, 0.3) is 0 Å². The van der Waals surface area contributed by atoms with Gasteiger partial charge in [-0.25, -0.2) is 8.42 Å². The highest BCUT2D eigenvalue weighted by atomic mass is 32.2. The number of hydrogen-bond donors (Lipinski definition) is 0. The fourth-order valence-corrected chi connectivity index (χ4v) is 4.80. The predicted molar refractivity (Wildman–Crippen MR) is 84.8 cm³/mol. The smallest absolute Gasteiger partial charge is 0.267 e. The molecule has 0 unspecified atom stereocenters. The van der Waals surface area contributed by atoms with E-state index in [1.54, 1.807) is 38.1 Å². The van der Waals surface area contributed by atoms with Crippen LogP contribution in [0.4, 0.5) is 0 Å². The van der Waals surface area contributed by atoms with Crippen LogP contribution in [-0.2, 0) is 10.0 Å². The second-order valence-corrected chi connectivity index (χ2v) is 7.38. The van der Waals surface area contributed by atoms with Gasteiger partial charge in [0.2, 0.25) is 0 Å². The van der Waals surface area contributed by atoms with Crippen molar-refractivity contribution < 1.29 is 18.0 Å². The molecule has 0 N–H and O–H groups in total. The first-order valence-corrected chi connectivity index (χ1v) is 8.50. The molecule has 0 atom stereocenters. The molecule has 0 aliphatic carbocycles. The fourth-order valence-electron chi connectivity index (χ4n) is 3.05. The number of imide groups is 1. The van der Waals surface area contributed by atoms with E-state index in [4.69, 9.17) is 0 Å². The lowest BCUT2D eigenvalue weighted by molar-refractivity contribution is 0.0765. The standard InChI is InChI=1S/C17H15NO4S/c1-10-8-11(2)15(12(3)9-10)23(21,22)18-16(19)13-6-4-5-7-14(13)17(18)20/h4-9H,1-3H3. The van der Waals surface area contributed by atoms with Gasteiger partial charge in [0.25, 0.3) is 21.8 Å². The van der Waals surface area contributed by atoms with E-state index in [0.717, 1.165) is 5.56 Å². The van der Waals surface area contributed by atoms with Crippen LogP contribution in [0, 0.1) is 20.8 Å². The van der Waals surface area contributed by atoms with Crippen LogP contribution in [0.3, 0.4) is 0 Å². The van der Waals surface area contributed by atoms with Crippen molar-refractivity contribution in [3.63, 3.8) is 0 Å². The Kier molecular flexibility index (Phi) is 3.37. The third kappa shape index (κ3) is 2.17. The number of sulfonamides is 1. The fraction of sp³-hybridized carbons (Fsp3) is 0.176. The Balaban J connectivity index is 2.20. The molecule has 2 aromatic carbocycles. The normalized spacial score (nSPS) is 14.3. The van der Waals surface area contributed by atoms with Gasteiger partial charge in [0, 0.05) is 0 Å². The first kappa shape index (κ1) is 15.4. The molecule has 1 aliphatic heterocycles. The summed E-state index contributed by atoms with van der Waals surface area (Å²) in [7, 11) is -4.25. The minimum atomic E-state index is -4.25. The van der Waals surface area contributed by atoms with E-state index in [2.05, 4.69) is 0 Å². The number of carbonyl (C=O) groups excluding carboxylic acids is 2. The monoisotopic (exact) mass is 329 g/mol. The van der Waals surface area contributed by atoms with Gasteiger partial charge in [-0.2, -0.15) is 4.31 Å². The van der Waals surface area contributed by atoms with Crippen LogP contribution in [0.15, 0.2) is 41.3 Å². The topological polar surface area (TPSA) is 71.5 Å². The average molecular weight is 329 g/mol. The predicted octanol–water partition coefficient (Wildman–Crippen LogP) is 2.60. The Morgan fingerprint density at radius 1 is 0.826 bits per heavy atom. The van der Waals surface area contributed by atoms with Gasteiger partial charge < -0.3 is 0 Å². The molecular formula is C17H15NO4S. The van der Waals surface area contributed by atoms with Gasteiger partial charge in [-0.3, -0.25) is 9.59 Å². The number of fused-ring (bicyclic) bond motifs is 1. The zero-order chi connectivity index (χ0) is 16.9. The molecule has 2 aromatic rings.